The molecule has 0 aliphatic heterocycles. The first-order valence-corrected chi connectivity index (χ1v) is 7.67. The summed E-state index contributed by atoms with van der Waals surface area (Å²) in [5, 5.41) is 3.05. The van der Waals surface area contributed by atoms with E-state index < -0.39 is 0 Å². The summed E-state index contributed by atoms with van der Waals surface area (Å²) >= 11 is 0. The van der Waals surface area contributed by atoms with Crippen LogP contribution in [0.3, 0.4) is 0 Å². The summed E-state index contributed by atoms with van der Waals surface area (Å²) < 4.78 is 14.3. The van der Waals surface area contributed by atoms with Gasteiger partial charge in [-0.15, -0.1) is 0 Å². The zero-order valence-electron chi connectivity index (χ0n) is 13.6. The van der Waals surface area contributed by atoms with E-state index in [-0.39, 0.29) is 11.9 Å². The van der Waals surface area contributed by atoms with Crippen LogP contribution in [0.15, 0.2) is 28.8 Å². The number of amidine groups is 1. The lowest BCUT2D eigenvalue weighted by Gasteiger charge is -2.16. The molecule has 0 aromatic rings. The minimum Gasteiger partial charge on any atom is -0.348 e. The first-order valence-electron chi connectivity index (χ1n) is 7.67. The van der Waals surface area contributed by atoms with Crippen molar-refractivity contribution in [3.63, 3.8) is 0 Å². The van der Waals surface area contributed by atoms with E-state index in [1.807, 2.05) is 27.7 Å². The Bertz CT molecular complexity index is 407. The Labute approximate surface area is 123 Å². The van der Waals surface area contributed by atoms with Crippen LogP contribution in [-0.2, 0) is 0 Å². The Morgan fingerprint density at radius 3 is 2.45 bits per heavy atom. The highest BCUT2D eigenvalue weighted by Crippen LogP contribution is 2.36. The summed E-state index contributed by atoms with van der Waals surface area (Å²) in [6.07, 6.45) is 4.60. The van der Waals surface area contributed by atoms with Crippen molar-refractivity contribution in [2.75, 3.05) is 0 Å². The summed E-state index contributed by atoms with van der Waals surface area (Å²) in [5.74, 6) is 1.79. The third-order valence-corrected chi connectivity index (χ3v) is 4.07. The maximum absolute atomic E-state index is 14.3. The molecule has 1 rings (SSSR count). The molecule has 1 aliphatic carbocycles. The SMILES string of the molecule is C=C(C)NC(=N/C(F)=C(\C)CC1CCCC1C)C(C)C. The molecule has 0 aromatic heterocycles. The van der Waals surface area contributed by atoms with Crippen LogP contribution in [0.4, 0.5) is 4.39 Å². The van der Waals surface area contributed by atoms with Crippen molar-refractivity contribution in [1.29, 1.82) is 0 Å². The van der Waals surface area contributed by atoms with Crippen molar-refractivity contribution in [2.24, 2.45) is 22.7 Å². The van der Waals surface area contributed by atoms with Crippen LogP contribution in [-0.4, -0.2) is 5.84 Å². The molecule has 0 amide bonds. The van der Waals surface area contributed by atoms with Crippen molar-refractivity contribution in [3.8, 4) is 0 Å². The second kappa shape index (κ2) is 7.61. The van der Waals surface area contributed by atoms with Gasteiger partial charge < -0.3 is 5.32 Å². The monoisotopic (exact) mass is 280 g/mol. The third kappa shape index (κ3) is 5.10. The molecule has 1 N–H and O–H groups in total. The summed E-state index contributed by atoms with van der Waals surface area (Å²) in [5.41, 5.74) is 1.55. The molecule has 0 spiro atoms. The van der Waals surface area contributed by atoms with Gasteiger partial charge in [-0.3, -0.25) is 0 Å². The largest absolute Gasteiger partial charge is 0.348 e. The topological polar surface area (TPSA) is 24.4 Å². The van der Waals surface area contributed by atoms with Gasteiger partial charge in [-0.05, 0) is 44.1 Å². The Hall–Kier alpha value is -1.12. The lowest BCUT2D eigenvalue weighted by molar-refractivity contribution is 0.410. The second-order valence-corrected chi connectivity index (χ2v) is 6.50. The number of halogens is 1. The molecule has 2 unspecified atom stereocenters. The van der Waals surface area contributed by atoms with E-state index in [0.29, 0.717) is 17.7 Å². The third-order valence-electron chi connectivity index (χ3n) is 4.07. The van der Waals surface area contributed by atoms with Crippen LogP contribution in [0.5, 0.6) is 0 Å². The standard InChI is InChI=1S/C17H29FN2/c1-11(2)17(19-12(3)4)20-16(18)14(6)10-15-9-7-8-13(15)5/h11,13,15H,3,7-10H2,1-2,4-6H3,(H,19,20)/b16-14+. The zero-order valence-corrected chi connectivity index (χ0v) is 13.6. The summed E-state index contributed by atoms with van der Waals surface area (Å²) in [7, 11) is 0. The number of nitrogens with zero attached hydrogens (tertiary/aromatic N) is 1. The number of aliphatic imine (C=N–C) groups is 1. The Morgan fingerprint density at radius 1 is 1.35 bits per heavy atom. The minimum absolute atomic E-state index is 0.149. The first kappa shape index (κ1) is 16.9. The average Bonchev–Trinajstić information content (AvgIpc) is 2.73. The number of rotatable bonds is 5. The number of allylic oxidation sites excluding steroid dienone is 2. The highest BCUT2D eigenvalue weighted by atomic mass is 19.1. The van der Waals surface area contributed by atoms with Crippen molar-refractivity contribution in [1.82, 2.24) is 5.32 Å². The van der Waals surface area contributed by atoms with Gasteiger partial charge in [0.25, 0.3) is 0 Å². The zero-order chi connectivity index (χ0) is 15.3. The molecule has 1 saturated carbocycles. The predicted octanol–water partition coefficient (Wildman–Crippen LogP) is 5.19. The van der Waals surface area contributed by atoms with Gasteiger partial charge in [-0.25, -0.2) is 4.99 Å². The van der Waals surface area contributed by atoms with E-state index >= 15 is 0 Å². The fourth-order valence-electron chi connectivity index (χ4n) is 2.72. The van der Waals surface area contributed by atoms with E-state index in [1.54, 1.807) is 0 Å². The van der Waals surface area contributed by atoms with Gasteiger partial charge in [0.1, 0.15) is 5.84 Å². The van der Waals surface area contributed by atoms with Crippen LogP contribution in [0.25, 0.3) is 0 Å². The van der Waals surface area contributed by atoms with Crippen molar-refractivity contribution in [3.05, 3.63) is 23.8 Å². The van der Waals surface area contributed by atoms with Gasteiger partial charge in [0.2, 0.25) is 5.95 Å². The molecule has 2 atom stereocenters. The van der Waals surface area contributed by atoms with Gasteiger partial charge in [0, 0.05) is 11.6 Å². The molecule has 1 fully saturated rings. The molecule has 0 radical (unpaired) electrons. The fraction of sp³-hybridized carbons (Fsp3) is 0.706. The van der Waals surface area contributed by atoms with E-state index in [0.717, 1.165) is 17.7 Å². The summed E-state index contributed by atoms with van der Waals surface area (Å²) in [6, 6.07) is 0. The van der Waals surface area contributed by atoms with Gasteiger partial charge in [-0.1, -0.05) is 40.2 Å². The Balaban J connectivity index is 2.80. The molecule has 2 nitrogen and oxygen atoms in total. The highest BCUT2D eigenvalue weighted by Gasteiger charge is 2.24. The van der Waals surface area contributed by atoms with Crippen LogP contribution in [0.1, 0.15) is 60.3 Å². The molecule has 1 aliphatic rings. The second-order valence-electron chi connectivity index (χ2n) is 6.50. The highest BCUT2D eigenvalue weighted by molar-refractivity contribution is 5.86. The van der Waals surface area contributed by atoms with E-state index in [2.05, 4.69) is 23.8 Å². The van der Waals surface area contributed by atoms with E-state index in [1.165, 1.54) is 19.3 Å². The fourth-order valence-corrected chi connectivity index (χ4v) is 2.72. The predicted molar refractivity (Wildman–Crippen MR) is 85.2 cm³/mol. The van der Waals surface area contributed by atoms with Crippen molar-refractivity contribution in [2.45, 2.75) is 60.3 Å². The maximum Gasteiger partial charge on any atom is 0.213 e. The van der Waals surface area contributed by atoms with Crippen LogP contribution in [0.2, 0.25) is 0 Å². The Morgan fingerprint density at radius 2 is 2.00 bits per heavy atom. The normalized spacial score (nSPS) is 24.9. The van der Waals surface area contributed by atoms with Gasteiger partial charge in [-0.2, -0.15) is 4.39 Å². The van der Waals surface area contributed by atoms with Crippen molar-refractivity contribution < 1.29 is 4.39 Å². The number of hydrogen-bond acceptors (Lipinski definition) is 1. The average molecular weight is 280 g/mol. The molecule has 0 heterocycles. The smallest absolute Gasteiger partial charge is 0.213 e. The Kier molecular flexibility index (Phi) is 6.44. The number of hydrogen-bond donors (Lipinski definition) is 1. The van der Waals surface area contributed by atoms with Gasteiger partial charge in [0.05, 0.1) is 0 Å². The van der Waals surface area contributed by atoms with E-state index in [9.17, 15) is 4.39 Å². The van der Waals surface area contributed by atoms with Crippen molar-refractivity contribution >= 4 is 5.84 Å². The van der Waals surface area contributed by atoms with E-state index in [4.69, 9.17) is 0 Å². The minimum atomic E-state index is -0.332. The molecule has 0 saturated heterocycles. The molecule has 0 aromatic carbocycles. The quantitative estimate of drug-likeness (QED) is 0.418. The molecule has 0 bridgehead atoms. The van der Waals surface area contributed by atoms with Crippen LogP contribution < -0.4 is 5.32 Å². The van der Waals surface area contributed by atoms with Gasteiger partial charge in [0.15, 0.2) is 0 Å². The summed E-state index contributed by atoms with van der Waals surface area (Å²) in [4.78, 5) is 4.14. The molecule has 20 heavy (non-hydrogen) atoms. The van der Waals surface area contributed by atoms with Crippen LogP contribution in [0, 0.1) is 17.8 Å². The number of nitrogens with one attached hydrogen (secondary N) is 1. The molecular weight excluding hydrogens is 251 g/mol. The summed E-state index contributed by atoms with van der Waals surface area (Å²) in [6.45, 7) is 13.8. The van der Waals surface area contributed by atoms with Crippen LogP contribution >= 0.6 is 0 Å². The molecular formula is C17H29FN2. The maximum atomic E-state index is 14.3. The lowest BCUT2D eigenvalue weighted by atomic mass is 9.91. The lowest BCUT2D eigenvalue weighted by Crippen LogP contribution is -2.26. The molecule has 3 heteroatoms. The van der Waals surface area contributed by atoms with Gasteiger partial charge >= 0.3 is 0 Å². The first-order chi connectivity index (χ1) is 9.31. The molecule has 114 valence electrons.